The first-order valence-electron chi connectivity index (χ1n) is 10.6. The van der Waals surface area contributed by atoms with Crippen LogP contribution >= 0.6 is 0 Å². The Morgan fingerprint density at radius 2 is 2.00 bits per heavy atom. The van der Waals surface area contributed by atoms with Gasteiger partial charge in [0.1, 0.15) is 5.60 Å². The highest BCUT2D eigenvalue weighted by molar-refractivity contribution is 6.01. The highest BCUT2D eigenvalue weighted by Gasteiger charge is 2.64. The predicted octanol–water partition coefficient (Wildman–Crippen LogP) is 3.32. The van der Waals surface area contributed by atoms with Crippen molar-refractivity contribution in [2.24, 2.45) is 28.6 Å². The Balaban J connectivity index is 1.70. The van der Waals surface area contributed by atoms with Gasteiger partial charge < -0.3 is 9.84 Å². The van der Waals surface area contributed by atoms with Gasteiger partial charge in [0.25, 0.3) is 0 Å². The molecule has 5 heteroatoms. The van der Waals surface area contributed by atoms with Crippen LogP contribution in [0.3, 0.4) is 0 Å². The highest BCUT2D eigenvalue weighted by atomic mass is 16.5. The molecule has 4 rings (SSSR count). The van der Waals surface area contributed by atoms with E-state index in [0.29, 0.717) is 12.8 Å². The third-order valence-corrected chi connectivity index (χ3v) is 8.30. The number of hydrogen-bond acceptors (Lipinski definition) is 5. The normalized spacial score (nSPS) is 42.9. The summed E-state index contributed by atoms with van der Waals surface area (Å²) in [6.07, 6.45) is 10.4. The number of hydrogen-bond donors (Lipinski definition) is 1. The monoisotopic (exact) mass is 398 g/mol. The van der Waals surface area contributed by atoms with Crippen LogP contribution in [0.15, 0.2) is 35.5 Å². The van der Waals surface area contributed by atoms with Crippen LogP contribution in [0.1, 0.15) is 53.4 Å². The molecular formula is C24H30O5. The van der Waals surface area contributed by atoms with E-state index in [1.165, 1.54) is 18.1 Å². The summed E-state index contributed by atoms with van der Waals surface area (Å²) in [5.74, 6) is -0.146. The molecule has 0 spiro atoms. The van der Waals surface area contributed by atoms with E-state index in [9.17, 15) is 19.5 Å². The number of Topliss-reactive ketones (excluding diaryl/α,β-unsaturated/α-hetero) is 1. The molecule has 0 heterocycles. The Labute approximate surface area is 171 Å². The fourth-order valence-electron chi connectivity index (χ4n) is 6.68. The molecule has 1 N–H and O–H groups in total. The van der Waals surface area contributed by atoms with Crippen molar-refractivity contribution in [3.05, 3.63) is 35.5 Å². The lowest BCUT2D eigenvalue weighted by Crippen LogP contribution is -2.56. The lowest BCUT2D eigenvalue weighted by Gasteiger charge is -2.55. The maximum atomic E-state index is 12.9. The van der Waals surface area contributed by atoms with Gasteiger partial charge in [0.2, 0.25) is 5.78 Å². The molecule has 156 valence electrons. The minimum atomic E-state index is -1.48. The summed E-state index contributed by atoms with van der Waals surface area (Å²) in [5, 5.41) is 11.5. The van der Waals surface area contributed by atoms with Crippen molar-refractivity contribution in [2.45, 2.75) is 59.0 Å². The van der Waals surface area contributed by atoms with Crippen molar-refractivity contribution in [1.82, 2.24) is 0 Å². The smallest absolute Gasteiger partial charge is 0.303 e. The summed E-state index contributed by atoms with van der Waals surface area (Å²) in [5.41, 5.74) is 0.178. The number of allylic oxidation sites excluding steroid dienone is 6. The van der Waals surface area contributed by atoms with Gasteiger partial charge in [0.05, 0.1) is 0 Å². The fourth-order valence-corrected chi connectivity index (χ4v) is 6.68. The Morgan fingerprint density at radius 1 is 1.28 bits per heavy atom. The molecule has 4 aliphatic rings. The summed E-state index contributed by atoms with van der Waals surface area (Å²) >= 11 is 0. The summed E-state index contributed by atoms with van der Waals surface area (Å²) in [6, 6.07) is 0. The molecule has 0 aromatic carbocycles. The molecule has 0 aromatic heterocycles. The van der Waals surface area contributed by atoms with E-state index in [0.717, 1.165) is 12.8 Å². The standard InChI is InChI=1S/C24H30O5/c1-14-11-17-18(22(3)8-5-16(26)12-20(14)22)6-9-23(4)19(17)7-10-24(23,28)21(27)13-29-15(2)25/h5-6,8,12,14,17,19,28H,7,9-11,13H2,1-4H3/t14-,17+,19+,22+,23-,24+/m0/s1. The van der Waals surface area contributed by atoms with Gasteiger partial charge in [-0.1, -0.05) is 31.6 Å². The summed E-state index contributed by atoms with van der Waals surface area (Å²) in [6.45, 7) is 7.27. The van der Waals surface area contributed by atoms with Gasteiger partial charge in [-0.3, -0.25) is 14.4 Å². The SMILES string of the molecule is CC(=O)OCC(=O)[C@]1(O)CC[C@@H]2[C@@H]3C[C@H](C)C4=CC(=O)C=C[C@]4(C)C3=CC[C@@]21C. The lowest BCUT2D eigenvalue weighted by atomic mass is 9.49. The maximum Gasteiger partial charge on any atom is 0.303 e. The molecule has 4 aliphatic carbocycles. The fraction of sp³-hybridized carbons (Fsp3) is 0.625. The number of ether oxygens (including phenoxy) is 1. The largest absolute Gasteiger partial charge is 0.458 e. The molecule has 0 saturated heterocycles. The van der Waals surface area contributed by atoms with E-state index >= 15 is 0 Å². The average Bonchev–Trinajstić information content (AvgIpc) is 2.94. The number of ketones is 2. The number of esters is 1. The predicted molar refractivity (Wildman–Crippen MR) is 108 cm³/mol. The van der Waals surface area contributed by atoms with Crippen LogP contribution in [0.4, 0.5) is 0 Å². The molecular weight excluding hydrogens is 368 g/mol. The Hall–Kier alpha value is -2.01. The van der Waals surface area contributed by atoms with Crippen molar-refractivity contribution < 1.29 is 24.2 Å². The van der Waals surface area contributed by atoms with Crippen LogP contribution in [0.2, 0.25) is 0 Å². The second-order valence-electron chi connectivity index (χ2n) is 9.77. The van der Waals surface area contributed by atoms with E-state index in [2.05, 4.69) is 19.9 Å². The Kier molecular flexibility index (Phi) is 4.54. The van der Waals surface area contributed by atoms with Gasteiger partial charge in [-0.25, -0.2) is 0 Å². The zero-order valence-corrected chi connectivity index (χ0v) is 17.7. The zero-order chi connectivity index (χ0) is 21.2. The van der Waals surface area contributed by atoms with Crippen LogP contribution in [0, 0.1) is 28.6 Å². The molecule has 5 nitrogen and oxygen atoms in total. The van der Waals surface area contributed by atoms with Gasteiger partial charge in [-0.05, 0) is 68.1 Å². The summed E-state index contributed by atoms with van der Waals surface area (Å²) in [7, 11) is 0. The van der Waals surface area contributed by atoms with Crippen LogP contribution in [0.25, 0.3) is 0 Å². The minimum absolute atomic E-state index is 0.0512. The molecule has 6 atom stereocenters. The lowest BCUT2D eigenvalue weighted by molar-refractivity contribution is -0.162. The first-order chi connectivity index (χ1) is 13.5. The minimum Gasteiger partial charge on any atom is -0.458 e. The topological polar surface area (TPSA) is 80.7 Å². The van der Waals surface area contributed by atoms with Crippen molar-refractivity contribution in [3.8, 4) is 0 Å². The molecule has 0 unspecified atom stereocenters. The van der Waals surface area contributed by atoms with Crippen molar-refractivity contribution in [2.75, 3.05) is 6.61 Å². The second kappa shape index (κ2) is 6.49. The van der Waals surface area contributed by atoms with Crippen molar-refractivity contribution in [3.63, 3.8) is 0 Å². The number of carbonyl (C=O) groups is 3. The molecule has 0 radical (unpaired) electrons. The van der Waals surface area contributed by atoms with Crippen LogP contribution in [-0.2, 0) is 19.1 Å². The average molecular weight is 398 g/mol. The Morgan fingerprint density at radius 3 is 2.69 bits per heavy atom. The first kappa shape index (κ1) is 20.3. The van der Waals surface area contributed by atoms with E-state index in [1.54, 1.807) is 12.2 Å². The van der Waals surface area contributed by atoms with Gasteiger partial charge in [0, 0.05) is 17.8 Å². The molecule has 0 amide bonds. The van der Waals surface area contributed by atoms with Crippen LogP contribution < -0.4 is 0 Å². The zero-order valence-electron chi connectivity index (χ0n) is 17.7. The number of rotatable bonds is 3. The number of aliphatic hydroxyl groups is 1. The summed E-state index contributed by atoms with van der Waals surface area (Å²) < 4.78 is 4.91. The van der Waals surface area contributed by atoms with Crippen molar-refractivity contribution >= 4 is 17.5 Å². The van der Waals surface area contributed by atoms with E-state index < -0.39 is 22.8 Å². The Bertz CT molecular complexity index is 880. The van der Waals surface area contributed by atoms with Gasteiger partial charge in [-0.15, -0.1) is 0 Å². The van der Waals surface area contributed by atoms with Crippen LogP contribution in [0.5, 0.6) is 0 Å². The maximum absolute atomic E-state index is 12.9. The highest BCUT2D eigenvalue weighted by Crippen LogP contribution is 2.65. The third-order valence-electron chi connectivity index (χ3n) is 8.30. The van der Waals surface area contributed by atoms with E-state index in [-0.39, 0.29) is 35.6 Å². The van der Waals surface area contributed by atoms with Gasteiger partial charge >= 0.3 is 5.97 Å². The van der Waals surface area contributed by atoms with Gasteiger partial charge in [-0.2, -0.15) is 0 Å². The quantitative estimate of drug-likeness (QED) is 0.583. The third kappa shape index (κ3) is 2.73. The molecule has 0 aromatic rings. The molecule has 2 fully saturated rings. The molecule has 0 aliphatic heterocycles. The number of fused-ring (bicyclic) bond motifs is 5. The van der Waals surface area contributed by atoms with E-state index in [4.69, 9.17) is 4.74 Å². The molecule has 2 saturated carbocycles. The summed E-state index contributed by atoms with van der Waals surface area (Å²) in [4.78, 5) is 36.0. The van der Waals surface area contributed by atoms with Crippen molar-refractivity contribution in [1.29, 1.82) is 0 Å². The number of carbonyl (C=O) groups excluding carboxylic acids is 3. The second-order valence-corrected chi connectivity index (χ2v) is 9.77. The first-order valence-corrected chi connectivity index (χ1v) is 10.6. The molecule has 0 bridgehead atoms. The van der Waals surface area contributed by atoms with Crippen LogP contribution in [-0.4, -0.2) is 34.9 Å². The van der Waals surface area contributed by atoms with E-state index in [1.807, 2.05) is 13.0 Å². The molecule has 29 heavy (non-hydrogen) atoms. The van der Waals surface area contributed by atoms with Gasteiger partial charge in [0.15, 0.2) is 12.4 Å².